The summed E-state index contributed by atoms with van der Waals surface area (Å²) in [5.41, 5.74) is 3.57. The fraction of sp³-hybridized carbons (Fsp3) is 0. The van der Waals surface area contributed by atoms with Gasteiger partial charge in [0.1, 0.15) is 10.8 Å². The third-order valence-electron chi connectivity index (χ3n) is 3.15. The summed E-state index contributed by atoms with van der Waals surface area (Å²) in [6, 6.07) is 14.3. The van der Waals surface area contributed by atoms with Crippen molar-refractivity contribution < 1.29 is 4.39 Å². The number of aromatic nitrogens is 1. The third kappa shape index (κ3) is 3.21. The van der Waals surface area contributed by atoms with E-state index in [9.17, 15) is 4.39 Å². The Morgan fingerprint density at radius 3 is 2.27 bits per heavy atom. The molecule has 0 saturated carbocycles. The molecule has 1 heterocycles. The Kier molecular flexibility index (Phi) is 4.57. The monoisotopic (exact) mass is 437 g/mol. The fourth-order valence-corrected chi connectivity index (χ4v) is 3.84. The van der Waals surface area contributed by atoms with Crippen molar-refractivity contribution >= 4 is 48.8 Å². The largest absolute Gasteiger partial charge is 0.235 e. The Morgan fingerprint density at radius 2 is 1.64 bits per heavy atom. The van der Waals surface area contributed by atoms with E-state index in [2.05, 4.69) is 43.4 Å². The molecule has 0 aliphatic rings. The zero-order chi connectivity index (χ0) is 15.7. The number of thiazole rings is 1. The normalized spacial score (nSPS) is 10.7. The highest BCUT2D eigenvalue weighted by Crippen LogP contribution is 2.37. The Bertz CT molecular complexity index is 823. The minimum atomic E-state index is -0.257. The maximum Gasteiger partial charge on any atom is 0.125 e. The Morgan fingerprint density at radius 1 is 1.00 bits per heavy atom. The molecule has 0 N–H and O–H groups in total. The van der Waals surface area contributed by atoms with Crippen molar-refractivity contribution in [2.75, 3.05) is 0 Å². The van der Waals surface area contributed by atoms with Crippen molar-refractivity contribution in [2.24, 2.45) is 0 Å². The van der Waals surface area contributed by atoms with E-state index in [-0.39, 0.29) is 5.82 Å². The van der Waals surface area contributed by atoms with Crippen molar-refractivity contribution in [3.05, 3.63) is 79.8 Å². The van der Waals surface area contributed by atoms with Crippen LogP contribution in [0.1, 0.15) is 10.6 Å². The number of benzene rings is 2. The van der Waals surface area contributed by atoms with Crippen LogP contribution in [0, 0.1) is 5.82 Å². The first-order valence-corrected chi connectivity index (χ1v) is 8.82. The number of rotatable bonds is 3. The maximum absolute atomic E-state index is 13.0. The van der Waals surface area contributed by atoms with Crippen LogP contribution in [0.15, 0.2) is 63.4 Å². The summed E-state index contributed by atoms with van der Waals surface area (Å²) in [5.74, 6) is -0.257. The van der Waals surface area contributed by atoms with Crippen LogP contribution in [0.3, 0.4) is 0 Å². The molecule has 22 heavy (non-hydrogen) atoms. The van der Waals surface area contributed by atoms with Crippen LogP contribution in [0.2, 0.25) is 0 Å². The average molecular weight is 439 g/mol. The Labute approximate surface area is 148 Å². The summed E-state index contributed by atoms with van der Waals surface area (Å²) in [6.07, 6.45) is 0. The molecular weight excluding hydrogens is 429 g/mol. The quantitative estimate of drug-likeness (QED) is 0.452. The summed E-state index contributed by atoms with van der Waals surface area (Å²) in [5, 5.41) is 0.816. The van der Waals surface area contributed by atoms with Crippen molar-refractivity contribution in [1.82, 2.24) is 4.98 Å². The first-order valence-electron chi connectivity index (χ1n) is 6.42. The molecular formula is C17H10Br2FNS. The van der Waals surface area contributed by atoms with E-state index in [1.54, 1.807) is 12.1 Å². The summed E-state index contributed by atoms with van der Waals surface area (Å²) >= 11 is 8.52. The lowest BCUT2D eigenvalue weighted by molar-refractivity contribution is 0.627. The lowest BCUT2D eigenvalue weighted by atomic mass is 10.1. The molecule has 0 atom stereocenters. The molecule has 0 aliphatic heterocycles. The second-order valence-corrected chi connectivity index (χ2v) is 7.87. The summed E-state index contributed by atoms with van der Waals surface area (Å²) in [6.45, 7) is 4.08. The predicted molar refractivity (Wildman–Crippen MR) is 97.5 cm³/mol. The highest BCUT2D eigenvalue weighted by molar-refractivity contribution is 9.11. The Balaban J connectivity index is 1.96. The highest BCUT2D eigenvalue weighted by Gasteiger charge is 2.14. The van der Waals surface area contributed by atoms with Crippen LogP contribution in [0.5, 0.6) is 0 Å². The zero-order valence-corrected chi connectivity index (χ0v) is 15.3. The zero-order valence-electron chi connectivity index (χ0n) is 11.3. The minimum Gasteiger partial charge on any atom is -0.235 e. The minimum absolute atomic E-state index is 0.257. The predicted octanol–water partition coefficient (Wildman–Crippen LogP) is 6.54. The second kappa shape index (κ2) is 6.44. The van der Waals surface area contributed by atoms with Gasteiger partial charge in [0.15, 0.2) is 0 Å². The molecule has 0 spiro atoms. The molecule has 5 heteroatoms. The van der Waals surface area contributed by atoms with E-state index in [0.29, 0.717) is 0 Å². The van der Waals surface area contributed by atoms with Gasteiger partial charge in [-0.2, -0.15) is 0 Å². The highest BCUT2D eigenvalue weighted by atomic mass is 79.9. The summed E-state index contributed by atoms with van der Waals surface area (Å²) < 4.78 is 15.0. The van der Waals surface area contributed by atoms with Gasteiger partial charge in [0.05, 0.1) is 9.48 Å². The number of nitrogens with zero attached hydrogens (tertiary/aromatic N) is 1. The van der Waals surface area contributed by atoms with Gasteiger partial charge in [-0.3, -0.25) is 0 Å². The molecule has 0 bridgehead atoms. The standard InChI is InChI=1S/C17H10Br2FNS/c1-10(11-4-8-14(20)9-5-11)17-21-15(16(19)22-17)12-2-6-13(18)7-3-12/h2-9H,1H2. The number of hydrogen-bond acceptors (Lipinski definition) is 2. The molecule has 0 radical (unpaired) electrons. The van der Waals surface area contributed by atoms with Crippen LogP contribution in [-0.4, -0.2) is 4.98 Å². The van der Waals surface area contributed by atoms with E-state index in [4.69, 9.17) is 0 Å². The first kappa shape index (κ1) is 15.6. The second-order valence-electron chi connectivity index (χ2n) is 4.63. The molecule has 0 fully saturated rings. The van der Waals surface area contributed by atoms with E-state index >= 15 is 0 Å². The van der Waals surface area contributed by atoms with Crippen molar-refractivity contribution in [3.8, 4) is 11.3 Å². The van der Waals surface area contributed by atoms with Gasteiger partial charge in [-0.25, -0.2) is 9.37 Å². The van der Waals surface area contributed by atoms with Crippen molar-refractivity contribution in [2.45, 2.75) is 0 Å². The lowest BCUT2D eigenvalue weighted by Gasteiger charge is -2.02. The van der Waals surface area contributed by atoms with Gasteiger partial charge in [0, 0.05) is 15.6 Å². The molecule has 110 valence electrons. The van der Waals surface area contributed by atoms with Gasteiger partial charge in [0.25, 0.3) is 0 Å². The smallest absolute Gasteiger partial charge is 0.125 e. The van der Waals surface area contributed by atoms with E-state index in [1.807, 2.05) is 24.3 Å². The molecule has 0 amide bonds. The first-order chi connectivity index (χ1) is 10.5. The molecule has 1 aromatic heterocycles. The summed E-state index contributed by atoms with van der Waals surface area (Å²) in [7, 11) is 0. The van der Waals surface area contributed by atoms with Crippen molar-refractivity contribution in [3.63, 3.8) is 0 Å². The van der Waals surface area contributed by atoms with Crippen LogP contribution in [-0.2, 0) is 0 Å². The van der Waals surface area contributed by atoms with Crippen LogP contribution < -0.4 is 0 Å². The van der Waals surface area contributed by atoms with Gasteiger partial charge in [0.2, 0.25) is 0 Å². The topological polar surface area (TPSA) is 12.9 Å². The van der Waals surface area contributed by atoms with E-state index in [0.717, 1.165) is 35.7 Å². The number of halogens is 3. The average Bonchev–Trinajstić information content (AvgIpc) is 2.90. The molecule has 0 aliphatic carbocycles. The molecule has 0 saturated heterocycles. The number of hydrogen-bond donors (Lipinski definition) is 0. The van der Waals surface area contributed by atoms with Crippen LogP contribution in [0.25, 0.3) is 16.8 Å². The van der Waals surface area contributed by atoms with Gasteiger partial charge in [-0.05, 0) is 45.8 Å². The van der Waals surface area contributed by atoms with E-state index < -0.39 is 0 Å². The van der Waals surface area contributed by atoms with Gasteiger partial charge in [-0.15, -0.1) is 11.3 Å². The molecule has 3 aromatic rings. The maximum atomic E-state index is 13.0. The van der Waals surface area contributed by atoms with Crippen LogP contribution >= 0.6 is 43.2 Å². The van der Waals surface area contributed by atoms with Gasteiger partial charge >= 0.3 is 0 Å². The molecule has 0 unspecified atom stereocenters. The molecule has 3 rings (SSSR count). The van der Waals surface area contributed by atoms with Gasteiger partial charge < -0.3 is 0 Å². The lowest BCUT2D eigenvalue weighted by Crippen LogP contribution is -1.86. The molecule has 1 nitrogen and oxygen atoms in total. The third-order valence-corrected chi connectivity index (χ3v) is 5.45. The Hall–Kier alpha value is -1.30. The summed E-state index contributed by atoms with van der Waals surface area (Å²) in [4.78, 5) is 4.67. The van der Waals surface area contributed by atoms with Gasteiger partial charge in [-0.1, -0.05) is 46.8 Å². The SMILES string of the molecule is C=C(c1ccc(F)cc1)c1nc(-c2ccc(Br)cc2)c(Br)s1. The molecule has 2 aromatic carbocycles. The van der Waals surface area contributed by atoms with Crippen molar-refractivity contribution in [1.29, 1.82) is 0 Å². The van der Waals surface area contributed by atoms with E-state index in [1.165, 1.54) is 23.5 Å². The van der Waals surface area contributed by atoms with Crippen LogP contribution in [0.4, 0.5) is 4.39 Å². The fourth-order valence-electron chi connectivity index (χ4n) is 1.99.